The molecule has 3 aromatic rings. The fourth-order valence-corrected chi connectivity index (χ4v) is 3.97. The van der Waals surface area contributed by atoms with E-state index in [9.17, 15) is 19.7 Å². The van der Waals surface area contributed by atoms with E-state index in [0.717, 1.165) is 49.7 Å². The number of aromatic nitrogens is 1. The summed E-state index contributed by atoms with van der Waals surface area (Å²) >= 11 is 0. The number of nitro benzene ring substituents is 1. The second-order valence-corrected chi connectivity index (χ2v) is 7.61. The van der Waals surface area contributed by atoms with Crippen LogP contribution in [0.5, 0.6) is 0 Å². The summed E-state index contributed by atoms with van der Waals surface area (Å²) in [7, 11) is 0. The zero-order valence-electron chi connectivity index (χ0n) is 17.0. The van der Waals surface area contributed by atoms with Crippen LogP contribution in [0.3, 0.4) is 0 Å². The number of H-pyrrole nitrogens is 1. The average molecular weight is 421 g/mol. The maximum absolute atomic E-state index is 12.5. The average Bonchev–Trinajstić information content (AvgIpc) is 3.03. The second kappa shape index (κ2) is 8.99. The lowest BCUT2D eigenvalue weighted by atomic mass is 10.1. The van der Waals surface area contributed by atoms with E-state index in [0.29, 0.717) is 11.3 Å². The van der Waals surface area contributed by atoms with E-state index in [1.807, 2.05) is 29.2 Å². The van der Waals surface area contributed by atoms with Gasteiger partial charge < -0.3 is 14.6 Å². The topological polar surface area (TPSA) is 106 Å². The molecule has 8 nitrogen and oxygen atoms in total. The van der Waals surface area contributed by atoms with Crippen molar-refractivity contribution in [2.75, 3.05) is 24.6 Å². The van der Waals surface area contributed by atoms with Crippen molar-refractivity contribution < 1.29 is 19.2 Å². The SMILES string of the molecule is O=C(OCC(=O)c1c[nH]c2ccccc12)c1ccc(N2CCCCCC2)c([N+](=O)[O-])c1. The van der Waals surface area contributed by atoms with E-state index in [-0.39, 0.29) is 17.0 Å². The van der Waals surface area contributed by atoms with Gasteiger partial charge in [-0.15, -0.1) is 0 Å². The third-order valence-corrected chi connectivity index (χ3v) is 5.58. The minimum absolute atomic E-state index is 0.0528. The number of aromatic amines is 1. The van der Waals surface area contributed by atoms with Crippen molar-refractivity contribution in [1.29, 1.82) is 0 Å². The summed E-state index contributed by atoms with van der Waals surface area (Å²) < 4.78 is 5.16. The van der Waals surface area contributed by atoms with Crippen LogP contribution in [0.2, 0.25) is 0 Å². The van der Waals surface area contributed by atoms with Crippen LogP contribution in [0.1, 0.15) is 46.4 Å². The fourth-order valence-electron chi connectivity index (χ4n) is 3.97. The Hall–Kier alpha value is -3.68. The summed E-state index contributed by atoms with van der Waals surface area (Å²) in [6.07, 6.45) is 5.77. The molecule has 1 aromatic heterocycles. The minimum atomic E-state index is -0.765. The highest BCUT2D eigenvalue weighted by atomic mass is 16.6. The number of nitrogens with one attached hydrogen (secondary N) is 1. The van der Waals surface area contributed by atoms with Gasteiger partial charge in [0.2, 0.25) is 5.78 Å². The Bertz CT molecular complexity index is 1130. The Kier molecular flexibility index (Phi) is 5.97. The maximum Gasteiger partial charge on any atom is 0.338 e. The van der Waals surface area contributed by atoms with Gasteiger partial charge in [-0.25, -0.2) is 4.79 Å². The molecule has 160 valence electrons. The van der Waals surface area contributed by atoms with Crippen molar-refractivity contribution >= 4 is 34.0 Å². The van der Waals surface area contributed by atoms with Gasteiger partial charge in [-0.05, 0) is 31.0 Å². The molecule has 0 saturated carbocycles. The van der Waals surface area contributed by atoms with Gasteiger partial charge in [0, 0.05) is 41.8 Å². The van der Waals surface area contributed by atoms with Gasteiger partial charge in [0.25, 0.3) is 5.69 Å². The number of carbonyl (C=O) groups is 2. The van der Waals surface area contributed by atoms with Crippen molar-refractivity contribution in [3.8, 4) is 0 Å². The third-order valence-electron chi connectivity index (χ3n) is 5.58. The Morgan fingerprint density at radius 2 is 1.81 bits per heavy atom. The Morgan fingerprint density at radius 1 is 1.06 bits per heavy atom. The molecule has 31 heavy (non-hydrogen) atoms. The first-order valence-electron chi connectivity index (χ1n) is 10.3. The van der Waals surface area contributed by atoms with Gasteiger partial charge >= 0.3 is 5.97 Å². The van der Waals surface area contributed by atoms with Crippen LogP contribution in [0, 0.1) is 10.1 Å². The first-order chi connectivity index (χ1) is 15.0. The van der Waals surface area contributed by atoms with Crippen molar-refractivity contribution in [3.05, 3.63) is 69.9 Å². The van der Waals surface area contributed by atoms with E-state index in [4.69, 9.17) is 4.74 Å². The lowest BCUT2D eigenvalue weighted by molar-refractivity contribution is -0.384. The largest absolute Gasteiger partial charge is 0.454 e. The highest BCUT2D eigenvalue weighted by molar-refractivity contribution is 6.09. The monoisotopic (exact) mass is 421 g/mol. The fraction of sp³-hybridized carbons (Fsp3) is 0.304. The smallest absolute Gasteiger partial charge is 0.338 e. The van der Waals surface area contributed by atoms with Crippen LogP contribution in [-0.4, -0.2) is 41.4 Å². The van der Waals surface area contributed by atoms with Crippen molar-refractivity contribution in [3.63, 3.8) is 0 Å². The molecule has 2 heterocycles. The number of hydrogen-bond acceptors (Lipinski definition) is 6. The number of hydrogen-bond donors (Lipinski definition) is 1. The number of Topliss-reactive ketones (excluding diaryl/α,β-unsaturated/α-hetero) is 1. The van der Waals surface area contributed by atoms with Crippen LogP contribution in [0.25, 0.3) is 10.9 Å². The van der Waals surface area contributed by atoms with Crippen molar-refractivity contribution in [2.24, 2.45) is 0 Å². The molecule has 1 aliphatic rings. The molecule has 0 radical (unpaired) electrons. The van der Waals surface area contributed by atoms with E-state index < -0.39 is 17.5 Å². The number of anilines is 1. The normalized spacial score (nSPS) is 14.3. The number of nitrogens with zero attached hydrogens (tertiary/aromatic N) is 2. The molecular weight excluding hydrogens is 398 g/mol. The molecular formula is C23H23N3O5. The van der Waals surface area contributed by atoms with Gasteiger partial charge in [-0.3, -0.25) is 14.9 Å². The number of carbonyl (C=O) groups excluding carboxylic acids is 2. The summed E-state index contributed by atoms with van der Waals surface area (Å²) in [5.41, 5.74) is 1.69. The molecule has 0 amide bonds. The number of esters is 1. The summed E-state index contributed by atoms with van der Waals surface area (Å²) in [5, 5.41) is 12.4. The van der Waals surface area contributed by atoms with Crippen LogP contribution >= 0.6 is 0 Å². The number of fused-ring (bicyclic) bond motifs is 1. The highest BCUT2D eigenvalue weighted by Crippen LogP contribution is 2.31. The van der Waals surface area contributed by atoms with Gasteiger partial charge in [-0.1, -0.05) is 31.0 Å². The Morgan fingerprint density at radius 3 is 2.55 bits per heavy atom. The lowest BCUT2D eigenvalue weighted by Gasteiger charge is -2.22. The quantitative estimate of drug-likeness (QED) is 0.272. The van der Waals surface area contributed by atoms with Crippen LogP contribution < -0.4 is 4.90 Å². The number of para-hydroxylation sites is 1. The molecule has 0 spiro atoms. The van der Waals surface area contributed by atoms with Crippen molar-refractivity contribution in [2.45, 2.75) is 25.7 Å². The maximum atomic E-state index is 12.5. The van der Waals surface area contributed by atoms with E-state index in [1.165, 1.54) is 12.1 Å². The minimum Gasteiger partial charge on any atom is -0.454 e. The first kappa shape index (κ1) is 20.6. The number of benzene rings is 2. The molecule has 1 fully saturated rings. The molecule has 4 rings (SSSR count). The summed E-state index contributed by atoms with van der Waals surface area (Å²) in [4.78, 5) is 41.2. The molecule has 0 unspecified atom stereocenters. The lowest BCUT2D eigenvalue weighted by Crippen LogP contribution is -2.25. The predicted octanol–water partition coefficient (Wildman–Crippen LogP) is 4.50. The zero-order valence-corrected chi connectivity index (χ0v) is 17.0. The van der Waals surface area contributed by atoms with Crippen molar-refractivity contribution in [1.82, 2.24) is 4.98 Å². The summed E-state index contributed by atoms with van der Waals surface area (Å²) in [5.74, 6) is -1.11. The molecule has 8 heteroatoms. The number of ketones is 1. The van der Waals surface area contributed by atoms with Crippen LogP contribution in [0.15, 0.2) is 48.7 Å². The van der Waals surface area contributed by atoms with Gasteiger partial charge in [0.15, 0.2) is 6.61 Å². The zero-order chi connectivity index (χ0) is 21.8. The molecule has 0 atom stereocenters. The van der Waals surface area contributed by atoms with E-state index in [1.54, 1.807) is 12.3 Å². The molecule has 1 saturated heterocycles. The molecule has 2 aromatic carbocycles. The second-order valence-electron chi connectivity index (χ2n) is 7.61. The van der Waals surface area contributed by atoms with Gasteiger partial charge in [0.1, 0.15) is 5.69 Å². The first-order valence-corrected chi connectivity index (χ1v) is 10.3. The molecule has 0 aliphatic carbocycles. The highest BCUT2D eigenvalue weighted by Gasteiger charge is 2.23. The van der Waals surface area contributed by atoms with Gasteiger partial charge in [-0.2, -0.15) is 0 Å². The summed E-state index contributed by atoms with van der Waals surface area (Å²) in [6, 6.07) is 11.7. The van der Waals surface area contributed by atoms with E-state index in [2.05, 4.69) is 4.98 Å². The summed E-state index contributed by atoms with van der Waals surface area (Å²) in [6.45, 7) is 1.07. The molecule has 1 aliphatic heterocycles. The number of nitro groups is 1. The molecule has 1 N–H and O–H groups in total. The third kappa shape index (κ3) is 4.42. The Balaban J connectivity index is 1.48. The van der Waals surface area contributed by atoms with Crippen LogP contribution in [0.4, 0.5) is 11.4 Å². The van der Waals surface area contributed by atoms with Gasteiger partial charge in [0.05, 0.1) is 10.5 Å². The number of rotatable bonds is 6. The molecule has 0 bridgehead atoms. The standard InChI is InChI=1S/C23H23N3O5/c27-22(18-14-24-19-8-4-3-7-17(18)19)15-31-23(28)16-9-10-20(21(13-16)26(29)30)25-11-5-1-2-6-12-25/h3-4,7-10,13-14,24H,1-2,5-6,11-12,15H2. The Labute approximate surface area is 179 Å². The van der Waals surface area contributed by atoms with E-state index >= 15 is 0 Å². The predicted molar refractivity (Wildman–Crippen MR) is 117 cm³/mol. The number of ether oxygens (including phenoxy) is 1. The van der Waals surface area contributed by atoms with Crippen LogP contribution in [-0.2, 0) is 4.74 Å².